The van der Waals surface area contributed by atoms with Gasteiger partial charge in [-0.2, -0.15) is 18.2 Å². The highest BCUT2D eigenvalue weighted by Gasteiger charge is 2.41. The number of rotatable bonds is 2. The van der Waals surface area contributed by atoms with Gasteiger partial charge in [-0.15, -0.1) is 0 Å². The van der Waals surface area contributed by atoms with Crippen LogP contribution in [0.15, 0.2) is 4.42 Å². The zero-order valence-electron chi connectivity index (χ0n) is 12.0. The van der Waals surface area contributed by atoms with Gasteiger partial charge in [0.2, 0.25) is 5.76 Å². The number of halogens is 3. The molecule has 2 atom stereocenters. The lowest BCUT2D eigenvalue weighted by molar-refractivity contribution is -0.154. The maximum Gasteiger partial charge on any atom is 0.451 e. The van der Waals surface area contributed by atoms with Crippen LogP contribution in [0.2, 0.25) is 0 Å². The first-order valence-corrected chi connectivity index (χ1v) is 6.59. The van der Waals surface area contributed by atoms with Crippen LogP contribution in [0.3, 0.4) is 0 Å². The van der Waals surface area contributed by atoms with Crippen molar-refractivity contribution >= 4 is 12.1 Å². The summed E-state index contributed by atoms with van der Waals surface area (Å²) in [6, 6.07) is -1.12. The van der Waals surface area contributed by atoms with E-state index in [9.17, 15) is 18.0 Å². The number of carboxylic acid groups (broad SMARTS) is 1. The molecule has 1 unspecified atom stereocenters. The number of oxazole rings is 1. The van der Waals surface area contributed by atoms with E-state index in [0.29, 0.717) is 0 Å². The van der Waals surface area contributed by atoms with Crippen LogP contribution in [0.1, 0.15) is 25.3 Å². The molecular formula is C12H16F3N3O4. The van der Waals surface area contributed by atoms with Crippen LogP contribution >= 0.6 is 0 Å². The maximum absolute atomic E-state index is 12.8. The molecule has 2 rings (SSSR count). The average Bonchev–Trinajstić information content (AvgIpc) is 2.81. The molecule has 1 aliphatic rings. The summed E-state index contributed by atoms with van der Waals surface area (Å²) in [7, 11) is 0. The molecule has 0 saturated carbocycles. The number of nitrogens with zero attached hydrogens (tertiary/aromatic N) is 3. The highest BCUT2D eigenvalue weighted by atomic mass is 19.4. The SMILES string of the molecule is CC1CN(c2nc(CO)c(C(F)(F)F)o2)C[C@H](C)N1C(=O)O. The Morgan fingerprint density at radius 2 is 1.91 bits per heavy atom. The molecule has 1 aromatic rings. The number of aliphatic hydroxyl groups is 1. The molecule has 1 fully saturated rings. The van der Waals surface area contributed by atoms with E-state index >= 15 is 0 Å². The van der Waals surface area contributed by atoms with Gasteiger partial charge < -0.3 is 19.5 Å². The zero-order chi connectivity index (χ0) is 16.7. The third-order valence-electron chi connectivity index (χ3n) is 3.50. The monoisotopic (exact) mass is 323 g/mol. The van der Waals surface area contributed by atoms with Crippen molar-refractivity contribution < 1.29 is 32.6 Å². The van der Waals surface area contributed by atoms with Crippen molar-refractivity contribution in [2.75, 3.05) is 18.0 Å². The molecule has 22 heavy (non-hydrogen) atoms. The first-order valence-electron chi connectivity index (χ1n) is 6.59. The highest BCUT2D eigenvalue weighted by molar-refractivity contribution is 5.66. The van der Waals surface area contributed by atoms with E-state index in [2.05, 4.69) is 4.98 Å². The number of anilines is 1. The number of alkyl halides is 3. The predicted octanol–water partition coefficient (Wildman–Crippen LogP) is 1.76. The zero-order valence-corrected chi connectivity index (χ0v) is 12.0. The first-order chi connectivity index (χ1) is 10.1. The summed E-state index contributed by atoms with van der Waals surface area (Å²) in [5, 5.41) is 18.1. The largest absolute Gasteiger partial charge is 0.465 e. The van der Waals surface area contributed by atoms with E-state index in [1.807, 2.05) is 0 Å². The molecule has 2 heterocycles. The van der Waals surface area contributed by atoms with Gasteiger partial charge >= 0.3 is 12.3 Å². The number of hydrogen-bond acceptors (Lipinski definition) is 5. The molecule has 0 spiro atoms. The molecule has 1 saturated heterocycles. The van der Waals surface area contributed by atoms with E-state index in [1.165, 1.54) is 9.80 Å². The molecule has 0 bridgehead atoms. The third kappa shape index (κ3) is 2.96. The minimum atomic E-state index is -4.75. The summed E-state index contributed by atoms with van der Waals surface area (Å²) >= 11 is 0. The first kappa shape index (κ1) is 16.4. The van der Waals surface area contributed by atoms with Crippen LogP contribution in [-0.2, 0) is 12.8 Å². The topological polar surface area (TPSA) is 90.0 Å². The lowest BCUT2D eigenvalue weighted by Gasteiger charge is -2.42. The minimum Gasteiger partial charge on any atom is -0.465 e. The Morgan fingerprint density at radius 1 is 1.36 bits per heavy atom. The number of aliphatic hydroxyl groups excluding tert-OH is 1. The molecule has 0 radical (unpaired) electrons. The van der Waals surface area contributed by atoms with Crippen LogP contribution in [0.25, 0.3) is 0 Å². The lowest BCUT2D eigenvalue weighted by Crippen LogP contribution is -2.58. The number of amides is 1. The normalized spacial score (nSPS) is 23.0. The van der Waals surface area contributed by atoms with Gasteiger partial charge in [-0.3, -0.25) is 4.90 Å². The van der Waals surface area contributed by atoms with Crippen molar-refractivity contribution in [2.45, 2.75) is 38.7 Å². The second-order valence-electron chi connectivity index (χ2n) is 5.22. The van der Waals surface area contributed by atoms with E-state index in [-0.39, 0.29) is 19.1 Å². The molecular weight excluding hydrogens is 307 g/mol. The number of carbonyl (C=O) groups is 1. The Kier molecular flexibility index (Phi) is 4.23. The average molecular weight is 323 g/mol. The van der Waals surface area contributed by atoms with E-state index < -0.39 is 42.4 Å². The Hall–Kier alpha value is -1.97. The summed E-state index contributed by atoms with van der Waals surface area (Å²) < 4.78 is 43.1. The number of hydrogen-bond donors (Lipinski definition) is 2. The van der Waals surface area contributed by atoms with Crippen molar-refractivity contribution in [3.63, 3.8) is 0 Å². The van der Waals surface area contributed by atoms with Gasteiger partial charge in [0.15, 0.2) is 0 Å². The van der Waals surface area contributed by atoms with Gasteiger partial charge in [-0.25, -0.2) is 4.79 Å². The van der Waals surface area contributed by atoms with E-state index in [0.717, 1.165) is 0 Å². The summed E-state index contributed by atoms with van der Waals surface area (Å²) in [6.45, 7) is 2.71. The fourth-order valence-electron chi connectivity index (χ4n) is 2.66. The van der Waals surface area contributed by atoms with Gasteiger partial charge in [0.05, 0.1) is 18.7 Å². The van der Waals surface area contributed by atoms with Gasteiger partial charge in [0.25, 0.3) is 6.01 Å². The molecule has 0 aliphatic carbocycles. The quantitative estimate of drug-likeness (QED) is 0.862. The summed E-state index contributed by atoms with van der Waals surface area (Å²) in [4.78, 5) is 17.5. The second kappa shape index (κ2) is 5.67. The molecule has 1 aromatic heterocycles. The van der Waals surface area contributed by atoms with Crippen LogP contribution in [0.5, 0.6) is 0 Å². The smallest absolute Gasteiger partial charge is 0.451 e. The maximum atomic E-state index is 12.8. The van der Waals surface area contributed by atoms with Crippen molar-refractivity contribution in [1.29, 1.82) is 0 Å². The predicted molar refractivity (Wildman–Crippen MR) is 68.4 cm³/mol. The Bertz CT molecular complexity index is 548. The van der Waals surface area contributed by atoms with Crippen LogP contribution < -0.4 is 4.90 Å². The summed E-state index contributed by atoms with van der Waals surface area (Å²) in [6.07, 6.45) is -5.83. The van der Waals surface area contributed by atoms with E-state index in [1.54, 1.807) is 13.8 Å². The van der Waals surface area contributed by atoms with Crippen LogP contribution in [-0.4, -0.2) is 51.4 Å². The van der Waals surface area contributed by atoms with Gasteiger partial charge in [0, 0.05) is 13.1 Å². The fourth-order valence-corrected chi connectivity index (χ4v) is 2.66. The van der Waals surface area contributed by atoms with Crippen molar-refractivity contribution in [3.05, 3.63) is 11.5 Å². The molecule has 10 heteroatoms. The molecule has 124 valence electrons. The lowest BCUT2D eigenvalue weighted by atomic mass is 10.1. The van der Waals surface area contributed by atoms with Crippen molar-refractivity contribution in [1.82, 2.24) is 9.88 Å². The standard InChI is InChI=1S/C12H16F3N3O4/c1-6-3-17(4-7(2)18(6)11(20)21)10-16-8(5-19)9(22-10)12(13,14)15/h6-7,19H,3-5H2,1-2H3,(H,20,21)/t6-,7?/m0/s1. The van der Waals surface area contributed by atoms with Crippen LogP contribution in [0, 0.1) is 0 Å². The Balaban J connectivity index is 2.27. The summed E-state index contributed by atoms with van der Waals surface area (Å²) in [5.74, 6) is -1.33. The molecule has 1 amide bonds. The highest BCUT2D eigenvalue weighted by Crippen LogP contribution is 2.35. The van der Waals surface area contributed by atoms with Crippen molar-refractivity contribution in [3.8, 4) is 0 Å². The molecule has 0 aromatic carbocycles. The Morgan fingerprint density at radius 3 is 2.27 bits per heavy atom. The van der Waals surface area contributed by atoms with Crippen molar-refractivity contribution in [2.24, 2.45) is 0 Å². The van der Waals surface area contributed by atoms with E-state index in [4.69, 9.17) is 14.6 Å². The molecule has 1 aliphatic heterocycles. The Labute approximate surface area is 123 Å². The number of piperazine rings is 1. The van der Waals surface area contributed by atoms with Gasteiger partial charge in [0.1, 0.15) is 5.69 Å². The van der Waals surface area contributed by atoms with Gasteiger partial charge in [-0.1, -0.05) is 0 Å². The molecule has 2 N–H and O–H groups in total. The third-order valence-corrected chi connectivity index (χ3v) is 3.50. The van der Waals surface area contributed by atoms with Crippen LogP contribution in [0.4, 0.5) is 24.0 Å². The second-order valence-corrected chi connectivity index (χ2v) is 5.22. The van der Waals surface area contributed by atoms with Gasteiger partial charge in [-0.05, 0) is 13.8 Å². The fraction of sp³-hybridized carbons (Fsp3) is 0.667. The minimum absolute atomic E-state index is 0.152. The number of aromatic nitrogens is 1. The summed E-state index contributed by atoms with van der Waals surface area (Å²) in [5.41, 5.74) is -0.580. The molecule has 7 nitrogen and oxygen atoms in total.